The predicted molar refractivity (Wildman–Crippen MR) is 101 cm³/mol. The van der Waals surface area contributed by atoms with Crippen LogP contribution in [-0.2, 0) is 16.0 Å². The molecule has 0 unspecified atom stereocenters. The molecule has 0 spiro atoms. The molecule has 2 amide bonds. The number of anilines is 1. The largest absolute Gasteiger partial charge is 0.480 e. The molecule has 0 saturated carbocycles. The van der Waals surface area contributed by atoms with Crippen LogP contribution in [0, 0.1) is 12.3 Å². The highest BCUT2D eigenvalue weighted by Gasteiger charge is 2.12. The molecule has 6 nitrogen and oxygen atoms in total. The fourth-order valence-corrected chi connectivity index (χ4v) is 2.06. The number of carbonyl (C=O) groups excluding carboxylic acids is 2. The summed E-state index contributed by atoms with van der Waals surface area (Å²) in [5, 5.41) is 6.29. The maximum Gasteiger partial charge on any atom is 0.329 e. The number of aryl methyl sites for hydroxylation is 1. The first-order valence-corrected chi connectivity index (χ1v) is 8.02. The molecule has 132 valence electrons. The van der Waals surface area contributed by atoms with E-state index in [2.05, 4.69) is 21.8 Å². The van der Waals surface area contributed by atoms with Gasteiger partial charge in [0, 0.05) is 11.3 Å². The highest BCUT2D eigenvalue weighted by atomic mass is 16.5. The smallest absolute Gasteiger partial charge is 0.329 e. The van der Waals surface area contributed by atoms with E-state index in [1.54, 1.807) is 36.4 Å². The molecular formula is C20H19N3O3. The topological polar surface area (TPSA) is 79.8 Å². The zero-order valence-electron chi connectivity index (χ0n) is 14.4. The molecule has 2 aromatic carbocycles. The Bertz CT molecular complexity index is 836. The van der Waals surface area contributed by atoms with Gasteiger partial charge in [-0.15, -0.1) is 6.42 Å². The van der Waals surface area contributed by atoms with Crippen molar-refractivity contribution in [3.05, 3.63) is 59.7 Å². The molecule has 0 aliphatic rings. The molecular weight excluding hydrogens is 330 g/mol. The Morgan fingerprint density at radius 3 is 2.58 bits per heavy atom. The third kappa shape index (κ3) is 5.49. The maximum absolute atomic E-state index is 11.9. The van der Waals surface area contributed by atoms with Crippen LogP contribution in [0.1, 0.15) is 18.1 Å². The average Bonchev–Trinajstić information content (AvgIpc) is 2.67. The summed E-state index contributed by atoms with van der Waals surface area (Å²) in [6.45, 7) is 2.16. The lowest BCUT2D eigenvalue weighted by molar-refractivity contribution is -0.136. The maximum atomic E-state index is 11.9. The van der Waals surface area contributed by atoms with Gasteiger partial charge in [-0.2, -0.15) is 5.10 Å². The number of ether oxygens (including phenoxy) is 1. The fourth-order valence-electron chi connectivity index (χ4n) is 2.06. The van der Waals surface area contributed by atoms with Gasteiger partial charge in [0.2, 0.25) is 0 Å². The van der Waals surface area contributed by atoms with Crippen molar-refractivity contribution in [2.75, 3.05) is 11.9 Å². The van der Waals surface area contributed by atoms with Gasteiger partial charge >= 0.3 is 11.8 Å². The van der Waals surface area contributed by atoms with Gasteiger partial charge in [-0.05, 0) is 36.2 Å². The minimum absolute atomic E-state index is 0.121. The number of benzene rings is 2. The van der Waals surface area contributed by atoms with Crippen molar-refractivity contribution in [1.82, 2.24) is 5.43 Å². The molecule has 0 aromatic heterocycles. The Hall–Kier alpha value is -3.59. The highest BCUT2D eigenvalue weighted by molar-refractivity contribution is 6.39. The first-order chi connectivity index (χ1) is 12.6. The van der Waals surface area contributed by atoms with Gasteiger partial charge in [-0.25, -0.2) is 5.43 Å². The summed E-state index contributed by atoms with van der Waals surface area (Å²) in [6.07, 6.45) is 7.45. The molecule has 0 radical (unpaired) electrons. The van der Waals surface area contributed by atoms with Crippen molar-refractivity contribution in [3.63, 3.8) is 0 Å². The van der Waals surface area contributed by atoms with Gasteiger partial charge in [-0.1, -0.05) is 37.1 Å². The molecule has 0 heterocycles. The molecule has 0 fully saturated rings. The van der Waals surface area contributed by atoms with Crippen LogP contribution in [0.2, 0.25) is 0 Å². The number of hydrogen-bond acceptors (Lipinski definition) is 4. The zero-order chi connectivity index (χ0) is 18.8. The molecule has 0 atom stereocenters. The molecule has 6 heteroatoms. The monoisotopic (exact) mass is 349 g/mol. The fraction of sp³-hybridized carbons (Fsp3) is 0.150. The molecule has 2 N–H and O–H groups in total. The Kier molecular flexibility index (Phi) is 6.95. The van der Waals surface area contributed by atoms with E-state index in [0.29, 0.717) is 17.0 Å². The normalized spacial score (nSPS) is 10.2. The quantitative estimate of drug-likeness (QED) is 0.364. The number of para-hydroxylation sites is 1. The molecule has 0 bridgehead atoms. The van der Waals surface area contributed by atoms with Gasteiger partial charge < -0.3 is 10.1 Å². The second-order valence-corrected chi connectivity index (χ2v) is 5.23. The van der Waals surface area contributed by atoms with Crippen molar-refractivity contribution in [2.24, 2.45) is 5.10 Å². The molecule has 0 aliphatic carbocycles. The summed E-state index contributed by atoms with van der Waals surface area (Å²) in [7, 11) is 0. The Labute approximate surface area is 152 Å². The van der Waals surface area contributed by atoms with Gasteiger partial charge in [0.25, 0.3) is 0 Å². The number of carbonyl (C=O) groups is 2. The number of nitrogens with zero attached hydrogens (tertiary/aromatic N) is 1. The van der Waals surface area contributed by atoms with E-state index >= 15 is 0 Å². The van der Waals surface area contributed by atoms with Crippen LogP contribution in [0.25, 0.3) is 0 Å². The van der Waals surface area contributed by atoms with Gasteiger partial charge in [0.1, 0.15) is 12.4 Å². The standard InChI is InChI=1S/C20H19N3O3/c1-3-13-26-18-8-6-5-7-16(18)14-21-23-20(25)19(24)22-17-11-9-15(4-2)10-12-17/h1,5-12,14H,4,13H2,2H3,(H,22,24)(H,23,25)/b21-14+. The molecule has 26 heavy (non-hydrogen) atoms. The third-order valence-corrected chi connectivity index (χ3v) is 3.43. The number of hydrogen-bond donors (Lipinski definition) is 2. The second-order valence-electron chi connectivity index (χ2n) is 5.23. The minimum atomic E-state index is -0.872. The minimum Gasteiger partial charge on any atom is -0.480 e. The van der Waals surface area contributed by atoms with Crippen molar-refractivity contribution in [3.8, 4) is 18.1 Å². The summed E-state index contributed by atoms with van der Waals surface area (Å²) in [4.78, 5) is 23.7. The number of rotatable bonds is 6. The molecule has 2 rings (SSSR count). The number of nitrogens with one attached hydrogen (secondary N) is 2. The van der Waals surface area contributed by atoms with Crippen molar-refractivity contribution < 1.29 is 14.3 Å². The van der Waals surface area contributed by atoms with E-state index in [9.17, 15) is 9.59 Å². The first kappa shape index (κ1) is 18.7. The van der Waals surface area contributed by atoms with E-state index in [4.69, 9.17) is 11.2 Å². The van der Waals surface area contributed by atoms with Gasteiger partial charge in [0.05, 0.1) is 6.21 Å². The predicted octanol–water partition coefficient (Wildman–Crippen LogP) is 2.35. The number of terminal acetylenes is 1. The average molecular weight is 349 g/mol. The third-order valence-electron chi connectivity index (χ3n) is 3.43. The lowest BCUT2D eigenvalue weighted by Crippen LogP contribution is -2.32. The SMILES string of the molecule is C#CCOc1ccccc1/C=N/NC(=O)C(=O)Nc1ccc(CC)cc1. The summed E-state index contributed by atoms with van der Waals surface area (Å²) in [6, 6.07) is 14.3. The second kappa shape index (κ2) is 9.64. The van der Waals surface area contributed by atoms with Crippen molar-refractivity contribution >= 4 is 23.7 Å². The Balaban J connectivity index is 1.92. The van der Waals surface area contributed by atoms with E-state index in [1.165, 1.54) is 6.21 Å². The van der Waals surface area contributed by atoms with Crippen LogP contribution in [0.5, 0.6) is 5.75 Å². The van der Waals surface area contributed by atoms with Gasteiger partial charge in [0.15, 0.2) is 0 Å². The van der Waals surface area contributed by atoms with E-state index in [1.807, 2.05) is 19.1 Å². The zero-order valence-corrected chi connectivity index (χ0v) is 14.4. The van der Waals surface area contributed by atoms with Crippen LogP contribution in [0.4, 0.5) is 5.69 Å². The van der Waals surface area contributed by atoms with Crippen LogP contribution < -0.4 is 15.5 Å². The van der Waals surface area contributed by atoms with E-state index in [-0.39, 0.29) is 6.61 Å². The summed E-state index contributed by atoms with van der Waals surface area (Å²) in [5.41, 5.74) is 4.49. The summed E-state index contributed by atoms with van der Waals surface area (Å²) >= 11 is 0. The van der Waals surface area contributed by atoms with Crippen LogP contribution in [0.3, 0.4) is 0 Å². The number of hydrazone groups is 1. The Morgan fingerprint density at radius 2 is 1.88 bits per heavy atom. The lowest BCUT2D eigenvalue weighted by atomic mass is 10.1. The summed E-state index contributed by atoms with van der Waals surface area (Å²) in [5.74, 6) is 1.23. The molecule has 2 aromatic rings. The van der Waals surface area contributed by atoms with Crippen LogP contribution >= 0.6 is 0 Å². The lowest BCUT2D eigenvalue weighted by Gasteiger charge is -2.06. The first-order valence-electron chi connectivity index (χ1n) is 8.02. The Morgan fingerprint density at radius 1 is 1.15 bits per heavy atom. The van der Waals surface area contributed by atoms with Gasteiger partial charge in [-0.3, -0.25) is 9.59 Å². The number of amides is 2. The van der Waals surface area contributed by atoms with Crippen LogP contribution in [0.15, 0.2) is 53.6 Å². The summed E-state index contributed by atoms with van der Waals surface area (Å²) < 4.78 is 5.37. The van der Waals surface area contributed by atoms with E-state index < -0.39 is 11.8 Å². The molecule has 0 aliphatic heterocycles. The van der Waals surface area contributed by atoms with Crippen molar-refractivity contribution in [1.29, 1.82) is 0 Å². The van der Waals surface area contributed by atoms with E-state index in [0.717, 1.165) is 12.0 Å². The van der Waals surface area contributed by atoms with Crippen LogP contribution in [-0.4, -0.2) is 24.6 Å². The highest BCUT2D eigenvalue weighted by Crippen LogP contribution is 2.15. The molecule has 0 saturated heterocycles. The van der Waals surface area contributed by atoms with Crippen molar-refractivity contribution in [2.45, 2.75) is 13.3 Å².